The van der Waals surface area contributed by atoms with Crippen LogP contribution in [0.1, 0.15) is 50.8 Å². The lowest BCUT2D eigenvalue weighted by Crippen LogP contribution is -2.48. The minimum absolute atomic E-state index is 0.178. The van der Waals surface area contributed by atoms with Crippen LogP contribution in [0.3, 0.4) is 0 Å². The SMILES string of the molecule is CCOC(=O)N(Cc1ccccc1)[C@H]1C[C@@H](CC)N(C(=O)OCC)c2cc(OC)c(OC)cc21. The van der Waals surface area contributed by atoms with Crippen LogP contribution < -0.4 is 14.4 Å². The van der Waals surface area contributed by atoms with Crippen LogP contribution in [0.5, 0.6) is 11.5 Å². The number of amides is 2. The Balaban J connectivity index is 2.17. The fourth-order valence-electron chi connectivity index (χ4n) is 4.42. The quantitative estimate of drug-likeness (QED) is 0.503. The number of benzene rings is 2. The number of nitrogens with zero attached hydrogens (tertiary/aromatic N) is 2. The fraction of sp³-hybridized carbons (Fsp3) is 0.462. The van der Waals surface area contributed by atoms with Crippen LogP contribution in [0.25, 0.3) is 0 Å². The molecular formula is C26H34N2O6. The number of fused-ring (bicyclic) bond motifs is 1. The second-order valence-electron chi connectivity index (χ2n) is 7.96. The maximum Gasteiger partial charge on any atom is 0.414 e. The van der Waals surface area contributed by atoms with E-state index in [1.807, 2.05) is 43.3 Å². The molecule has 1 heterocycles. The van der Waals surface area contributed by atoms with E-state index in [0.29, 0.717) is 36.6 Å². The first-order valence-electron chi connectivity index (χ1n) is 11.7. The summed E-state index contributed by atoms with van der Waals surface area (Å²) >= 11 is 0. The average molecular weight is 471 g/mol. The van der Waals surface area contributed by atoms with Gasteiger partial charge in [-0.25, -0.2) is 9.59 Å². The number of anilines is 1. The van der Waals surface area contributed by atoms with Gasteiger partial charge in [0.25, 0.3) is 0 Å². The average Bonchev–Trinajstić information content (AvgIpc) is 2.86. The molecule has 0 radical (unpaired) electrons. The summed E-state index contributed by atoms with van der Waals surface area (Å²) in [4.78, 5) is 29.6. The van der Waals surface area contributed by atoms with Crippen LogP contribution in [0.15, 0.2) is 42.5 Å². The maximum atomic E-state index is 13.2. The van der Waals surface area contributed by atoms with E-state index in [0.717, 1.165) is 11.1 Å². The zero-order valence-corrected chi connectivity index (χ0v) is 20.6. The third-order valence-corrected chi connectivity index (χ3v) is 6.02. The highest BCUT2D eigenvalue weighted by atomic mass is 16.6. The lowest BCUT2D eigenvalue weighted by Gasteiger charge is -2.43. The normalized spacial score (nSPS) is 16.9. The molecule has 0 spiro atoms. The molecule has 0 fully saturated rings. The zero-order chi connectivity index (χ0) is 24.7. The van der Waals surface area contributed by atoms with Crippen LogP contribution in [0, 0.1) is 0 Å². The molecule has 3 rings (SSSR count). The van der Waals surface area contributed by atoms with E-state index in [4.69, 9.17) is 18.9 Å². The van der Waals surface area contributed by atoms with E-state index in [1.165, 1.54) is 0 Å². The van der Waals surface area contributed by atoms with Crippen molar-refractivity contribution in [1.82, 2.24) is 4.90 Å². The molecule has 0 aromatic heterocycles. The molecule has 0 bridgehead atoms. The summed E-state index contributed by atoms with van der Waals surface area (Å²) < 4.78 is 21.9. The molecule has 34 heavy (non-hydrogen) atoms. The Morgan fingerprint density at radius 1 is 0.971 bits per heavy atom. The molecule has 184 valence electrons. The predicted molar refractivity (Wildman–Crippen MR) is 129 cm³/mol. The number of methoxy groups -OCH3 is 2. The van der Waals surface area contributed by atoms with Crippen LogP contribution >= 0.6 is 0 Å². The molecule has 2 aromatic carbocycles. The van der Waals surface area contributed by atoms with Gasteiger partial charge >= 0.3 is 12.2 Å². The van der Waals surface area contributed by atoms with Crippen molar-refractivity contribution in [3.8, 4) is 11.5 Å². The number of hydrogen-bond donors (Lipinski definition) is 0. The van der Waals surface area contributed by atoms with Gasteiger partial charge in [-0.1, -0.05) is 37.3 Å². The van der Waals surface area contributed by atoms with Crippen molar-refractivity contribution in [2.45, 2.75) is 52.2 Å². The summed E-state index contributed by atoms with van der Waals surface area (Å²) in [6, 6.07) is 12.9. The molecule has 0 aliphatic carbocycles. The first-order valence-corrected chi connectivity index (χ1v) is 11.7. The Morgan fingerprint density at radius 3 is 2.21 bits per heavy atom. The van der Waals surface area contributed by atoms with Crippen molar-refractivity contribution in [3.63, 3.8) is 0 Å². The fourth-order valence-corrected chi connectivity index (χ4v) is 4.42. The van der Waals surface area contributed by atoms with E-state index >= 15 is 0 Å². The maximum absolute atomic E-state index is 13.2. The van der Waals surface area contributed by atoms with Crippen molar-refractivity contribution in [1.29, 1.82) is 0 Å². The second-order valence-corrected chi connectivity index (χ2v) is 7.96. The second kappa shape index (κ2) is 11.6. The summed E-state index contributed by atoms with van der Waals surface area (Å²) in [5.74, 6) is 1.02. The van der Waals surface area contributed by atoms with Gasteiger partial charge < -0.3 is 18.9 Å². The molecule has 8 heteroatoms. The van der Waals surface area contributed by atoms with Gasteiger partial charge in [-0.15, -0.1) is 0 Å². The first-order chi connectivity index (χ1) is 16.5. The minimum atomic E-state index is -0.424. The van der Waals surface area contributed by atoms with Gasteiger partial charge in [-0.2, -0.15) is 0 Å². The first kappa shape index (κ1) is 25.2. The third kappa shape index (κ3) is 5.21. The molecule has 0 unspecified atom stereocenters. The van der Waals surface area contributed by atoms with Gasteiger partial charge in [0.05, 0.1) is 39.2 Å². The van der Waals surface area contributed by atoms with Crippen LogP contribution in [0.2, 0.25) is 0 Å². The molecule has 2 atom stereocenters. The molecule has 0 saturated carbocycles. The molecule has 0 saturated heterocycles. The monoisotopic (exact) mass is 470 g/mol. The highest BCUT2D eigenvalue weighted by molar-refractivity contribution is 5.91. The number of hydrogen-bond acceptors (Lipinski definition) is 6. The van der Waals surface area contributed by atoms with Crippen LogP contribution in [-0.4, -0.2) is 50.6 Å². The van der Waals surface area contributed by atoms with Gasteiger partial charge in [0, 0.05) is 24.2 Å². The van der Waals surface area contributed by atoms with E-state index in [-0.39, 0.29) is 25.3 Å². The van der Waals surface area contributed by atoms with Crippen LogP contribution in [-0.2, 0) is 16.0 Å². The minimum Gasteiger partial charge on any atom is -0.493 e. The number of rotatable bonds is 8. The summed E-state index contributed by atoms with van der Waals surface area (Å²) in [6.07, 6.45) is 0.387. The smallest absolute Gasteiger partial charge is 0.414 e. The molecule has 2 amide bonds. The lowest BCUT2D eigenvalue weighted by molar-refractivity contribution is 0.0802. The van der Waals surface area contributed by atoms with Crippen molar-refractivity contribution < 1.29 is 28.5 Å². The summed E-state index contributed by atoms with van der Waals surface area (Å²) in [5, 5.41) is 0. The Labute approximate surface area is 201 Å². The van der Waals surface area contributed by atoms with Gasteiger partial charge in [0.1, 0.15) is 0 Å². The van der Waals surface area contributed by atoms with Crippen molar-refractivity contribution in [3.05, 3.63) is 53.6 Å². The third-order valence-electron chi connectivity index (χ3n) is 6.02. The Kier molecular flexibility index (Phi) is 8.62. The molecule has 2 aromatic rings. The van der Waals surface area contributed by atoms with Gasteiger partial charge in [-0.3, -0.25) is 9.80 Å². The van der Waals surface area contributed by atoms with Crippen molar-refractivity contribution >= 4 is 17.9 Å². The van der Waals surface area contributed by atoms with Gasteiger partial charge in [0.2, 0.25) is 0 Å². The van der Waals surface area contributed by atoms with E-state index < -0.39 is 12.2 Å². The van der Waals surface area contributed by atoms with E-state index in [9.17, 15) is 9.59 Å². The van der Waals surface area contributed by atoms with Crippen LogP contribution in [0.4, 0.5) is 15.3 Å². The van der Waals surface area contributed by atoms with Crippen molar-refractivity contribution in [2.75, 3.05) is 32.3 Å². The standard InChI is InChI=1S/C26H34N2O6/c1-6-19-14-21(27(25(29)33-7-2)17-18-12-10-9-11-13-18)20-15-23(31-4)24(32-5)16-22(20)28(19)26(30)34-8-3/h9-13,15-16,19,21H,6-8,14,17H2,1-5H3/t19-,21+/m1/s1. The Bertz CT molecular complexity index is 981. The predicted octanol–water partition coefficient (Wildman–Crippen LogP) is 5.55. The molecular weight excluding hydrogens is 436 g/mol. The van der Waals surface area contributed by atoms with Gasteiger partial charge in [0.15, 0.2) is 11.5 Å². The number of carbonyl (C=O) groups excluding carboxylic acids is 2. The molecule has 0 N–H and O–H groups in total. The molecule has 8 nitrogen and oxygen atoms in total. The van der Waals surface area contributed by atoms with E-state index in [2.05, 4.69) is 0 Å². The highest BCUT2D eigenvalue weighted by Gasteiger charge is 2.41. The van der Waals surface area contributed by atoms with Crippen molar-refractivity contribution in [2.24, 2.45) is 0 Å². The topological polar surface area (TPSA) is 77.5 Å². The largest absolute Gasteiger partial charge is 0.493 e. The Morgan fingerprint density at radius 2 is 1.62 bits per heavy atom. The highest BCUT2D eigenvalue weighted by Crippen LogP contribution is 2.47. The van der Waals surface area contributed by atoms with E-state index in [1.54, 1.807) is 43.9 Å². The lowest BCUT2D eigenvalue weighted by atomic mass is 9.88. The Hall–Kier alpha value is -3.42. The molecule has 1 aliphatic heterocycles. The summed E-state index contributed by atoms with van der Waals surface area (Å²) in [6.45, 7) is 6.49. The zero-order valence-electron chi connectivity index (χ0n) is 20.6. The number of carbonyl (C=O) groups is 2. The van der Waals surface area contributed by atoms with Gasteiger partial charge in [-0.05, 0) is 38.3 Å². The summed E-state index contributed by atoms with van der Waals surface area (Å²) in [5.41, 5.74) is 2.40. The number of ether oxygens (including phenoxy) is 4. The molecule has 1 aliphatic rings. The summed E-state index contributed by atoms with van der Waals surface area (Å²) in [7, 11) is 3.12.